The second-order valence-corrected chi connectivity index (χ2v) is 7.77. The summed E-state index contributed by atoms with van der Waals surface area (Å²) in [7, 11) is 0. The van der Waals surface area contributed by atoms with Crippen LogP contribution in [0, 0.1) is 0 Å². The number of allylic oxidation sites excluding steroid dienone is 1. The van der Waals surface area contributed by atoms with Gasteiger partial charge in [0, 0.05) is 0 Å². The molecule has 3 nitrogen and oxygen atoms in total. The van der Waals surface area contributed by atoms with Crippen molar-refractivity contribution in [3.63, 3.8) is 0 Å². The van der Waals surface area contributed by atoms with Gasteiger partial charge in [0.05, 0.1) is 11.1 Å². The molecule has 1 aliphatic heterocycles. The molecule has 0 saturated heterocycles. The van der Waals surface area contributed by atoms with Gasteiger partial charge in [-0.1, -0.05) is 61.9 Å². The summed E-state index contributed by atoms with van der Waals surface area (Å²) in [6.07, 6.45) is 0.101. The number of carbonyl (C=O) groups is 1. The topological polar surface area (TPSA) is 52.3 Å². The van der Waals surface area contributed by atoms with Crippen LogP contribution in [0.25, 0.3) is 22.4 Å². The average Bonchev–Trinajstić information content (AvgIpc) is 3.04. The van der Waals surface area contributed by atoms with Gasteiger partial charge in [0.2, 0.25) is 11.7 Å². The monoisotopic (exact) mass is 437 g/mol. The molecule has 0 bridgehead atoms. The Hall–Kier alpha value is -3.54. The van der Waals surface area contributed by atoms with Crippen LogP contribution in [0.5, 0.6) is 0 Å². The van der Waals surface area contributed by atoms with Crippen molar-refractivity contribution >= 4 is 28.2 Å². The number of alkyl halides is 3. The number of nitrogens with two attached hydrogens (primary N) is 1. The molecular formula is C26H22F3NO2. The van der Waals surface area contributed by atoms with Gasteiger partial charge < -0.3 is 10.5 Å². The molecule has 0 atom stereocenters. The molecule has 0 spiro atoms. The minimum atomic E-state index is -4.52. The molecule has 0 unspecified atom stereocenters. The van der Waals surface area contributed by atoms with Crippen LogP contribution in [-0.4, -0.2) is 5.78 Å². The molecule has 32 heavy (non-hydrogen) atoms. The highest BCUT2D eigenvalue weighted by molar-refractivity contribution is 6.31. The molecule has 0 radical (unpaired) electrons. The third-order valence-corrected chi connectivity index (χ3v) is 5.45. The minimum absolute atomic E-state index is 0.00675. The molecule has 0 amide bonds. The molecule has 0 saturated carbocycles. The minimum Gasteiger partial charge on any atom is -0.437 e. The molecule has 164 valence electrons. The number of hydrogen-bond acceptors (Lipinski definition) is 3. The number of hydrogen-bond donors (Lipinski definition) is 1. The predicted octanol–water partition coefficient (Wildman–Crippen LogP) is 6.47. The summed E-state index contributed by atoms with van der Waals surface area (Å²) >= 11 is 0. The Kier molecular flexibility index (Phi) is 5.78. The van der Waals surface area contributed by atoms with Crippen molar-refractivity contribution in [2.75, 3.05) is 0 Å². The number of ether oxygens (including phenoxy) is 1. The number of benzene rings is 3. The number of carbonyl (C=O) groups excluding carboxylic acids is 1. The molecule has 0 fully saturated rings. The van der Waals surface area contributed by atoms with E-state index in [2.05, 4.69) is 13.0 Å². The van der Waals surface area contributed by atoms with Gasteiger partial charge in [0.15, 0.2) is 5.76 Å². The van der Waals surface area contributed by atoms with Gasteiger partial charge in [-0.05, 0) is 58.5 Å². The maximum absolute atomic E-state index is 13.1. The van der Waals surface area contributed by atoms with Crippen LogP contribution in [0.3, 0.4) is 0 Å². The Bertz CT molecular complexity index is 1260. The normalized spacial score (nSPS) is 15.6. The number of ketones is 1. The van der Waals surface area contributed by atoms with Crippen molar-refractivity contribution < 1.29 is 22.7 Å². The van der Waals surface area contributed by atoms with E-state index in [1.807, 2.05) is 30.3 Å². The van der Waals surface area contributed by atoms with Crippen molar-refractivity contribution in [3.8, 4) is 0 Å². The van der Waals surface area contributed by atoms with Crippen molar-refractivity contribution in [1.82, 2.24) is 0 Å². The molecular weight excluding hydrogens is 415 g/mol. The van der Waals surface area contributed by atoms with E-state index in [1.165, 1.54) is 12.1 Å². The quantitative estimate of drug-likeness (QED) is 0.466. The number of fused-ring (bicyclic) bond motifs is 1. The summed E-state index contributed by atoms with van der Waals surface area (Å²) in [5, 5.41) is 1.99. The second-order valence-electron chi connectivity index (χ2n) is 7.77. The third-order valence-electron chi connectivity index (χ3n) is 5.45. The summed E-state index contributed by atoms with van der Waals surface area (Å²) in [5.74, 6) is -0.746. The maximum atomic E-state index is 13.1. The lowest BCUT2D eigenvalue weighted by Gasteiger charge is -2.09. The zero-order valence-corrected chi connectivity index (χ0v) is 17.5. The lowest BCUT2D eigenvalue weighted by molar-refractivity contribution is -0.137. The Morgan fingerprint density at radius 1 is 1.03 bits per heavy atom. The summed E-state index contributed by atoms with van der Waals surface area (Å²) in [6, 6.07) is 16.5. The van der Waals surface area contributed by atoms with Crippen LogP contribution >= 0.6 is 0 Å². The van der Waals surface area contributed by atoms with Crippen LogP contribution in [0.15, 0.2) is 72.3 Å². The smallest absolute Gasteiger partial charge is 0.416 e. The van der Waals surface area contributed by atoms with Crippen LogP contribution in [0.4, 0.5) is 13.2 Å². The molecule has 4 rings (SSSR count). The second kappa shape index (κ2) is 8.54. The fourth-order valence-corrected chi connectivity index (χ4v) is 3.86. The van der Waals surface area contributed by atoms with E-state index in [0.717, 1.165) is 53.3 Å². The largest absolute Gasteiger partial charge is 0.437 e. The lowest BCUT2D eigenvalue weighted by Crippen LogP contribution is -2.07. The molecule has 2 N–H and O–H groups in total. The van der Waals surface area contributed by atoms with Crippen LogP contribution in [-0.2, 0) is 22.1 Å². The Morgan fingerprint density at radius 2 is 1.81 bits per heavy atom. The lowest BCUT2D eigenvalue weighted by atomic mass is 9.96. The first-order chi connectivity index (χ1) is 15.3. The van der Waals surface area contributed by atoms with E-state index >= 15 is 0 Å². The molecule has 6 heteroatoms. The van der Waals surface area contributed by atoms with Gasteiger partial charge in [0.1, 0.15) is 0 Å². The van der Waals surface area contributed by atoms with Gasteiger partial charge in [-0.2, -0.15) is 13.2 Å². The molecule has 1 heterocycles. The van der Waals surface area contributed by atoms with Crippen molar-refractivity contribution in [2.45, 2.75) is 32.4 Å². The standard InChI is InChI=1S/C26H22F3NO2/c1-2-3-7-16-12-17-8-4-5-11-21(17)19(13-16)15-22-24(31)23(25(30)32-22)18-9-6-10-20(14-18)26(27,28)29/h4-6,8-15H,2-3,7,30H2,1H3/b22-15+. The third kappa shape index (κ3) is 4.26. The van der Waals surface area contributed by atoms with E-state index in [0.29, 0.717) is 0 Å². The SMILES string of the molecule is CCCCc1cc(/C=C2/OC(N)=C(c3cccc(C(F)(F)F)c3)C2=O)c2ccccc2c1. The highest BCUT2D eigenvalue weighted by atomic mass is 19.4. The fourth-order valence-electron chi connectivity index (χ4n) is 3.86. The Morgan fingerprint density at radius 3 is 2.56 bits per heavy atom. The summed E-state index contributed by atoms with van der Waals surface area (Å²) < 4.78 is 44.9. The first-order valence-electron chi connectivity index (χ1n) is 10.4. The summed E-state index contributed by atoms with van der Waals surface area (Å²) in [5.41, 5.74) is 7.03. The number of unbranched alkanes of at least 4 members (excludes halogenated alkanes) is 1. The number of halogens is 3. The fraction of sp³-hybridized carbons (Fsp3) is 0.192. The summed E-state index contributed by atoms with van der Waals surface area (Å²) in [4.78, 5) is 13.1. The Balaban J connectivity index is 1.74. The van der Waals surface area contributed by atoms with Crippen LogP contribution in [0.2, 0.25) is 0 Å². The van der Waals surface area contributed by atoms with Crippen LogP contribution < -0.4 is 5.73 Å². The van der Waals surface area contributed by atoms with E-state index in [4.69, 9.17) is 10.5 Å². The molecule has 0 aliphatic carbocycles. The average molecular weight is 437 g/mol. The van der Waals surface area contributed by atoms with Crippen molar-refractivity contribution in [2.24, 2.45) is 5.73 Å². The van der Waals surface area contributed by atoms with Crippen molar-refractivity contribution in [3.05, 3.63) is 94.6 Å². The van der Waals surface area contributed by atoms with Gasteiger partial charge in [-0.15, -0.1) is 0 Å². The van der Waals surface area contributed by atoms with Gasteiger partial charge >= 0.3 is 6.18 Å². The predicted molar refractivity (Wildman–Crippen MR) is 119 cm³/mol. The zero-order chi connectivity index (χ0) is 22.9. The Labute approximate surface area is 184 Å². The summed E-state index contributed by atoms with van der Waals surface area (Å²) in [6.45, 7) is 2.12. The van der Waals surface area contributed by atoms with E-state index in [1.54, 1.807) is 6.08 Å². The van der Waals surface area contributed by atoms with Crippen LogP contribution in [0.1, 0.15) is 42.0 Å². The highest BCUT2D eigenvalue weighted by Crippen LogP contribution is 2.36. The first kappa shape index (κ1) is 21.7. The van der Waals surface area contributed by atoms with Gasteiger partial charge in [-0.3, -0.25) is 4.79 Å². The molecule has 1 aliphatic rings. The van der Waals surface area contributed by atoms with E-state index < -0.39 is 17.5 Å². The number of Topliss-reactive ketones (excluding diaryl/α,β-unsaturated/α-hetero) is 1. The van der Waals surface area contributed by atoms with E-state index in [9.17, 15) is 18.0 Å². The maximum Gasteiger partial charge on any atom is 0.416 e. The molecule has 0 aromatic heterocycles. The number of rotatable bonds is 5. The van der Waals surface area contributed by atoms with E-state index in [-0.39, 0.29) is 22.8 Å². The van der Waals surface area contributed by atoms with Gasteiger partial charge in [0.25, 0.3) is 0 Å². The first-order valence-corrected chi connectivity index (χ1v) is 10.4. The van der Waals surface area contributed by atoms with Crippen molar-refractivity contribution in [1.29, 1.82) is 0 Å². The zero-order valence-electron chi connectivity index (χ0n) is 17.5. The molecule has 3 aromatic carbocycles. The highest BCUT2D eigenvalue weighted by Gasteiger charge is 2.34. The van der Waals surface area contributed by atoms with Gasteiger partial charge in [-0.25, -0.2) is 0 Å². The number of aryl methyl sites for hydroxylation is 1. The molecule has 3 aromatic rings.